The lowest BCUT2D eigenvalue weighted by Crippen LogP contribution is -2.31. The molecule has 0 saturated carbocycles. The minimum absolute atomic E-state index is 0.0722. The molecule has 2 N–H and O–H groups in total. The Morgan fingerprint density at radius 3 is 2.14 bits per heavy atom. The number of carbonyl (C=O) groups excluding carboxylic acids is 1. The summed E-state index contributed by atoms with van der Waals surface area (Å²) in [6.45, 7) is 1.44. The van der Waals surface area contributed by atoms with Crippen LogP contribution in [0.4, 0.5) is 0 Å². The SMILES string of the molecule is CCC(=O)OC(C(Cl)(Cl)Cl)P(=O)(O)O. The molecule has 0 rings (SSSR count). The molecule has 0 saturated heterocycles. The van der Waals surface area contributed by atoms with E-state index in [9.17, 15) is 9.36 Å². The number of ether oxygens (including phenoxy) is 1. The first kappa shape index (κ1) is 14.5. The van der Waals surface area contributed by atoms with Crippen molar-refractivity contribution in [1.82, 2.24) is 0 Å². The van der Waals surface area contributed by atoms with Gasteiger partial charge in [0.25, 0.3) is 0 Å². The number of rotatable bonds is 3. The van der Waals surface area contributed by atoms with Gasteiger partial charge in [-0.25, -0.2) is 0 Å². The lowest BCUT2D eigenvalue weighted by atomic mass is 10.5. The summed E-state index contributed by atoms with van der Waals surface area (Å²) in [5.74, 6) is -2.93. The number of hydrogen-bond acceptors (Lipinski definition) is 3. The van der Waals surface area contributed by atoms with Gasteiger partial charge in [-0.05, 0) is 0 Å². The van der Waals surface area contributed by atoms with Crippen LogP contribution in [0.1, 0.15) is 13.3 Å². The highest BCUT2D eigenvalue weighted by Crippen LogP contribution is 2.52. The summed E-state index contributed by atoms with van der Waals surface area (Å²) in [5, 5.41) is 0. The second kappa shape index (κ2) is 5.01. The average molecular weight is 285 g/mol. The maximum atomic E-state index is 10.8. The third-order valence-corrected chi connectivity index (χ3v) is 3.27. The monoisotopic (exact) mass is 284 g/mol. The highest BCUT2D eigenvalue weighted by atomic mass is 35.6. The highest BCUT2D eigenvalue weighted by molar-refractivity contribution is 7.53. The molecule has 1 atom stereocenters. The molecule has 0 heterocycles. The van der Waals surface area contributed by atoms with Gasteiger partial charge in [-0.15, -0.1) is 0 Å². The quantitative estimate of drug-likeness (QED) is 0.469. The van der Waals surface area contributed by atoms with Crippen molar-refractivity contribution < 1.29 is 23.9 Å². The summed E-state index contributed by atoms with van der Waals surface area (Å²) in [5.41, 5.74) is 0. The van der Waals surface area contributed by atoms with Crippen LogP contribution >= 0.6 is 42.4 Å². The van der Waals surface area contributed by atoms with Crippen molar-refractivity contribution in [3.05, 3.63) is 0 Å². The van der Waals surface area contributed by atoms with E-state index in [-0.39, 0.29) is 6.42 Å². The van der Waals surface area contributed by atoms with Crippen LogP contribution in [0, 0.1) is 0 Å². The van der Waals surface area contributed by atoms with Crippen LogP contribution in [0.5, 0.6) is 0 Å². The second-order valence-corrected chi connectivity index (χ2v) is 6.34. The van der Waals surface area contributed by atoms with Crippen molar-refractivity contribution in [2.24, 2.45) is 0 Å². The van der Waals surface area contributed by atoms with Crippen LogP contribution in [-0.4, -0.2) is 25.4 Å². The molecule has 1 unspecified atom stereocenters. The van der Waals surface area contributed by atoms with Gasteiger partial charge < -0.3 is 14.5 Å². The third-order valence-electron chi connectivity index (χ3n) is 1.12. The molecule has 0 aromatic rings. The number of carbonyl (C=O) groups is 1. The highest BCUT2D eigenvalue weighted by Gasteiger charge is 2.48. The largest absolute Gasteiger partial charge is 0.445 e. The predicted octanol–water partition coefficient (Wildman–Crippen LogP) is 1.81. The Labute approximate surface area is 95.4 Å². The van der Waals surface area contributed by atoms with Gasteiger partial charge >= 0.3 is 13.6 Å². The molecule has 5 nitrogen and oxygen atoms in total. The third kappa shape index (κ3) is 4.82. The second-order valence-electron chi connectivity index (χ2n) is 2.33. The first-order valence-corrected chi connectivity index (χ1v) is 6.22. The number of alkyl halides is 3. The Hall–Kier alpha value is 0.490. The van der Waals surface area contributed by atoms with Crippen molar-refractivity contribution in [1.29, 1.82) is 0 Å². The van der Waals surface area contributed by atoms with E-state index >= 15 is 0 Å². The van der Waals surface area contributed by atoms with E-state index in [0.29, 0.717) is 0 Å². The summed E-state index contributed by atoms with van der Waals surface area (Å²) >= 11 is 15.7. The van der Waals surface area contributed by atoms with E-state index in [0.717, 1.165) is 0 Å². The van der Waals surface area contributed by atoms with Gasteiger partial charge in [0.2, 0.25) is 9.64 Å². The van der Waals surface area contributed by atoms with Crippen LogP contribution in [0.25, 0.3) is 0 Å². The molecule has 0 aromatic carbocycles. The molecule has 0 amide bonds. The Bertz CT molecular complexity index is 257. The van der Waals surface area contributed by atoms with Gasteiger partial charge in [0.1, 0.15) is 0 Å². The van der Waals surface area contributed by atoms with E-state index in [1.807, 2.05) is 0 Å². The summed E-state index contributed by atoms with van der Waals surface area (Å²) in [7, 11) is -4.80. The van der Waals surface area contributed by atoms with E-state index in [1.54, 1.807) is 0 Å². The zero-order valence-corrected chi connectivity index (χ0v) is 10.1. The standard InChI is InChI=1S/C5H8Cl3O5P/c1-2-3(9)13-4(5(6,7)8)14(10,11)12/h4H,2H2,1H3,(H2,10,11,12). The van der Waals surface area contributed by atoms with E-state index in [1.165, 1.54) is 6.92 Å². The maximum Gasteiger partial charge on any atom is 0.370 e. The molecule has 0 aromatic heterocycles. The van der Waals surface area contributed by atoms with Crippen molar-refractivity contribution in [3.8, 4) is 0 Å². The molecule has 0 aliphatic heterocycles. The molecule has 14 heavy (non-hydrogen) atoms. The number of hydrogen-bond donors (Lipinski definition) is 2. The molecule has 0 bridgehead atoms. The Kier molecular flexibility index (Phi) is 5.19. The molecule has 0 aliphatic rings. The van der Waals surface area contributed by atoms with Gasteiger partial charge in [-0.3, -0.25) is 9.36 Å². The first-order valence-electron chi connectivity index (χ1n) is 3.40. The van der Waals surface area contributed by atoms with Crippen LogP contribution in [0.15, 0.2) is 0 Å². The fourth-order valence-corrected chi connectivity index (χ4v) is 2.45. The first-order chi connectivity index (χ1) is 6.09. The van der Waals surface area contributed by atoms with Crippen LogP contribution in [0.2, 0.25) is 0 Å². The zero-order valence-electron chi connectivity index (χ0n) is 6.98. The number of esters is 1. The summed E-state index contributed by atoms with van der Waals surface area (Å²) in [6, 6.07) is 0. The fraction of sp³-hybridized carbons (Fsp3) is 0.800. The fourth-order valence-electron chi connectivity index (χ4n) is 0.534. The smallest absolute Gasteiger partial charge is 0.370 e. The summed E-state index contributed by atoms with van der Waals surface area (Å²) in [4.78, 5) is 28.3. The normalized spacial score (nSPS) is 15.0. The molecule has 0 radical (unpaired) electrons. The van der Waals surface area contributed by atoms with Crippen molar-refractivity contribution in [3.63, 3.8) is 0 Å². The minimum atomic E-state index is -4.80. The summed E-state index contributed by atoms with van der Waals surface area (Å²) < 4.78 is 12.8. The zero-order chi connectivity index (χ0) is 11.6. The molecule has 0 fully saturated rings. The number of halogens is 3. The Morgan fingerprint density at radius 2 is 1.93 bits per heavy atom. The molecular weight excluding hydrogens is 277 g/mol. The lowest BCUT2D eigenvalue weighted by Gasteiger charge is -2.24. The van der Waals surface area contributed by atoms with Crippen LogP contribution < -0.4 is 0 Å². The van der Waals surface area contributed by atoms with Gasteiger partial charge in [0.05, 0.1) is 0 Å². The minimum Gasteiger partial charge on any atom is -0.445 e. The van der Waals surface area contributed by atoms with E-state index in [4.69, 9.17) is 44.6 Å². The Balaban J connectivity index is 4.77. The molecular formula is C5H8Cl3O5P. The summed E-state index contributed by atoms with van der Waals surface area (Å²) in [6.07, 6.45) is -0.0722. The average Bonchev–Trinajstić information content (AvgIpc) is 1.95. The van der Waals surface area contributed by atoms with Crippen LogP contribution in [-0.2, 0) is 14.1 Å². The molecule has 84 valence electrons. The van der Waals surface area contributed by atoms with Gasteiger partial charge in [-0.2, -0.15) is 0 Å². The van der Waals surface area contributed by atoms with Crippen molar-refractivity contribution >= 4 is 48.4 Å². The topological polar surface area (TPSA) is 83.8 Å². The molecule has 9 heteroatoms. The van der Waals surface area contributed by atoms with Crippen molar-refractivity contribution in [2.45, 2.75) is 23.0 Å². The van der Waals surface area contributed by atoms with Crippen LogP contribution in [0.3, 0.4) is 0 Å². The van der Waals surface area contributed by atoms with Gasteiger partial charge in [0.15, 0.2) is 0 Å². The molecule has 0 spiro atoms. The predicted molar refractivity (Wildman–Crippen MR) is 52.5 cm³/mol. The van der Waals surface area contributed by atoms with Crippen molar-refractivity contribution in [2.75, 3.05) is 0 Å². The van der Waals surface area contributed by atoms with Gasteiger partial charge in [0, 0.05) is 6.42 Å². The van der Waals surface area contributed by atoms with E-state index < -0.39 is 23.2 Å². The van der Waals surface area contributed by atoms with E-state index in [2.05, 4.69) is 4.74 Å². The maximum absolute atomic E-state index is 10.8. The Morgan fingerprint density at radius 1 is 1.50 bits per heavy atom. The lowest BCUT2D eigenvalue weighted by molar-refractivity contribution is -0.145. The molecule has 0 aliphatic carbocycles. The van der Waals surface area contributed by atoms with Gasteiger partial charge in [-0.1, -0.05) is 41.7 Å².